The maximum absolute atomic E-state index is 13.5. The molecule has 0 aliphatic carbocycles. The molecule has 1 heterocycles. The highest BCUT2D eigenvalue weighted by Gasteiger charge is 2.21. The van der Waals surface area contributed by atoms with Gasteiger partial charge in [0.05, 0.1) is 0 Å². The Kier molecular flexibility index (Phi) is 5.15. The number of halogens is 1. The van der Waals surface area contributed by atoms with Crippen molar-refractivity contribution in [1.82, 2.24) is 9.80 Å². The van der Waals surface area contributed by atoms with Gasteiger partial charge in [-0.05, 0) is 63.2 Å². The molecular weight excluding hydrogens is 258 g/mol. The van der Waals surface area contributed by atoms with E-state index in [1.54, 1.807) is 6.07 Å². The van der Waals surface area contributed by atoms with E-state index in [0.29, 0.717) is 12.6 Å². The summed E-state index contributed by atoms with van der Waals surface area (Å²) in [7, 11) is 2.53. The number of likely N-dealkylation sites (tertiary alicyclic amines) is 1. The molecule has 4 nitrogen and oxygen atoms in total. The zero-order chi connectivity index (χ0) is 14.7. The second-order valence-electron chi connectivity index (χ2n) is 5.72. The fourth-order valence-electron chi connectivity index (χ4n) is 2.77. The van der Waals surface area contributed by atoms with E-state index >= 15 is 0 Å². The molecule has 1 aliphatic rings. The van der Waals surface area contributed by atoms with Crippen LogP contribution in [0.4, 0.5) is 4.39 Å². The lowest BCUT2D eigenvalue weighted by Gasteiger charge is -2.35. The molecule has 0 amide bonds. The third-order valence-corrected chi connectivity index (χ3v) is 4.02. The number of benzene rings is 1. The van der Waals surface area contributed by atoms with Gasteiger partial charge in [0.15, 0.2) is 0 Å². The molecule has 6 heteroatoms. The second kappa shape index (κ2) is 6.67. The Morgan fingerprint density at radius 2 is 1.95 bits per heavy atom. The van der Waals surface area contributed by atoms with E-state index in [-0.39, 0.29) is 5.46 Å². The minimum absolute atomic E-state index is 0.205. The molecule has 1 aromatic rings. The smallest absolute Gasteiger partial charge is 0.423 e. The lowest BCUT2D eigenvalue weighted by atomic mass is 9.79. The molecule has 2 rings (SSSR count). The van der Waals surface area contributed by atoms with Crippen molar-refractivity contribution in [2.45, 2.75) is 25.4 Å². The van der Waals surface area contributed by atoms with Crippen LogP contribution in [-0.4, -0.2) is 60.2 Å². The molecule has 0 aromatic heterocycles. The Morgan fingerprint density at radius 1 is 1.30 bits per heavy atom. The Labute approximate surface area is 120 Å². The highest BCUT2D eigenvalue weighted by Crippen LogP contribution is 2.16. The van der Waals surface area contributed by atoms with Crippen LogP contribution in [0.1, 0.15) is 18.4 Å². The topological polar surface area (TPSA) is 46.9 Å². The van der Waals surface area contributed by atoms with Crippen molar-refractivity contribution in [3.05, 3.63) is 29.6 Å². The van der Waals surface area contributed by atoms with Gasteiger partial charge in [-0.3, -0.25) is 4.90 Å². The average molecular weight is 280 g/mol. The normalized spacial score (nSPS) is 17.7. The first-order valence-electron chi connectivity index (χ1n) is 7.00. The fourth-order valence-corrected chi connectivity index (χ4v) is 2.77. The first-order chi connectivity index (χ1) is 9.45. The minimum atomic E-state index is -1.63. The van der Waals surface area contributed by atoms with Crippen molar-refractivity contribution >= 4 is 12.6 Å². The van der Waals surface area contributed by atoms with Crippen LogP contribution in [0.2, 0.25) is 0 Å². The zero-order valence-electron chi connectivity index (χ0n) is 12.1. The van der Waals surface area contributed by atoms with Gasteiger partial charge in [-0.15, -0.1) is 0 Å². The van der Waals surface area contributed by atoms with Crippen LogP contribution in [0, 0.1) is 5.82 Å². The first-order valence-corrected chi connectivity index (χ1v) is 7.00. The number of nitrogens with zero attached hydrogens (tertiary/aromatic N) is 2. The SMILES string of the molecule is CN1CCC(N(C)Cc2cc(F)cc(B(O)O)c2)CC1. The predicted octanol–water partition coefficient (Wildman–Crippen LogP) is 0.0315. The second-order valence-corrected chi connectivity index (χ2v) is 5.72. The van der Waals surface area contributed by atoms with Crippen molar-refractivity contribution in [3.8, 4) is 0 Å². The van der Waals surface area contributed by atoms with Crippen LogP contribution >= 0.6 is 0 Å². The number of hydrogen-bond donors (Lipinski definition) is 2. The third-order valence-electron chi connectivity index (χ3n) is 4.02. The van der Waals surface area contributed by atoms with Crippen LogP contribution in [0.25, 0.3) is 0 Å². The van der Waals surface area contributed by atoms with Gasteiger partial charge < -0.3 is 14.9 Å². The van der Waals surface area contributed by atoms with E-state index in [1.165, 1.54) is 6.07 Å². The first kappa shape index (κ1) is 15.4. The van der Waals surface area contributed by atoms with E-state index < -0.39 is 12.9 Å². The molecule has 1 fully saturated rings. The largest absolute Gasteiger partial charge is 0.488 e. The summed E-state index contributed by atoms with van der Waals surface area (Å²) >= 11 is 0. The van der Waals surface area contributed by atoms with Crippen LogP contribution in [-0.2, 0) is 6.54 Å². The van der Waals surface area contributed by atoms with Gasteiger partial charge in [0.25, 0.3) is 0 Å². The highest BCUT2D eigenvalue weighted by molar-refractivity contribution is 6.58. The van der Waals surface area contributed by atoms with E-state index in [9.17, 15) is 4.39 Å². The van der Waals surface area contributed by atoms with Crippen molar-refractivity contribution in [2.75, 3.05) is 27.2 Å². The van der Waals surface area contributed by atoms with E-state index in [1.807, 2.05) is 7.05 Å². The average Bonchev–Trinajstić information content (AvgIpc) is 2.38. The number of rotatable bonds is 4. The molecule has 1 saturated heterocycles. The van der Waals surface area contributed by atoms with E-state index in [0.717, 1.165) is 37.6 Å². The van der Waals surface area contributed by atoms with Gasteiger partial charge in [0.2, 0.25) is 0 Å². The molecule has 0 saturated carbocycles. The van der Waals surface area contributed by atoms with E-state index in [4.69, 9.17) is 10.0 Å². The summed E-state index contributed by atoms with van der Waals surface area (Å²) in [6.45, 7) is 2.78. The maximum atomic E-state index is 13.5. The molecule has 0 unspecified atom stereocenters. The lowest BCUT2D eigenvalue weighted by molar-refractivity contribution is 0.139. The molecule has 110 valence electrons. The quantitative estimate of drug-likeness (QED) is 0.764. The highest BCUT2D eigenvalue weighted by atomic mass is 19.1. The van der Waals surface area contributed by atoms with Gasteiger partial charge in [0.1, 0.15) is 5.82 Å². The molecule has 0 atom stereocenters. The summed E-state index contributed by atoms with van der Waals surface area (Å²) in [5.74, 6) is -0.428. The summed E-state index contributed by atoms with van der Waals surface area (Å²) in [6.07, 6.45) is 2.22. The van der Waals surface area contributed by atoms with E-state index in [2.05, 4.69) is 16.8 Å². The Morgan fingerprint density at radius 3 is 2.55 bits per heavy atom. The van der Waals surface area contributed by atoms with Gasteiger partial charge in [-0.2, -0.15) is 0 Å². The van der Waals surface area contributed by atoms with Gasteiger partial charge in [-0.25, -0.2) is 4.39 Å². The van der Waals surface area contributed by atoms with Crippen molar-refractivity contribution < 1.29 is 14.4 Å². The Balaban J connectivity index is 2.02. The van der Waals surface area contributed by atoms with Crippen molar-refractivity contribution in [1.29, 1.82) is 0 Å². The molecular formula is C14H22BFN2O2. The lowest BCUT2D eigenvalue weighted by Crippen LogP contribution is -2.41. The summed E-state index contributed by atoms with van der Waals surface area (Å²) < 4.78 is 13.5. The third kappa shape index (κ3) is 4.02. The minimum Gasteiger partial charge on any atom is -0.423 e. The summed E-state index contributed by atoms with van der Waals surface area (Å²) in [5, 5.41) is 18.3. The van der Waals surface area contributed by atoms with Gasteiger partial charge in [0, 0.05) is 12.6 Å². The molecule has 2 N–H and O–H groups in total. The van der Waals surface area contributed by atoms with Gasteiger partial charge in [-0.1, -0.05) is 6.07 Å². The summed E-state index contributed by atoms with van der Waals surface area (Å²) in [6, 6.07) is 4.76. The molecule has 0 spiro atoms. The molecule has 1 aliphatic heterocycles. The maximum Gasteiger partial charge on any atom is 0.488 e. The standard InChI is InChI=1S/C14H22BFN2O2/c1-17-5-3-14(4-6-17)18(2)10-11-7-12(15(19)20)9-13(16)8-11/h7-9,14,19-20H,3-6,10H2,1-2H3. The number of piperidine rings is 1. The van der Waals surface area contributed by atoms with Gasteiger partial charge >= 0.3 is 7.12 Å². The fraction of sp³-hybridized carbons (Fsp3) is 0.571. The Bertz CT molecular complexity index is 451. The molecule has 0 radical (unpaired) electrons. The zero-order valence-corrected chi connectivity index (χ0v) is 12.1. The number of hydrogen-bond acceptors (Lipinski definition) is 4. The monoisotopic (exact) mass is 280 g/mol. The van der Waals surface area contributed by atoms with Crippen molar-refractivity contribution in [2.24, 2.45) is 0 Å². The summed E-state index contributed by atoms with van der Waals surface area (Å²) in [5.41, 5.74) is 0.978. The van der Waals surface area contributed by atoms with Crippen molar-refractivity contribution in [3.63, 3.8) is 0 Å². The molecule has 20 heavy (non-hydrogen) atoms. The molecule has 1 aromatic carbocycles. The summed E-state index contributed by atoms with van der Waals surface area (Å²) in [4.78, 5) is 4.53. The molecule has 0 bridgehead atoms. The van der Waals surface area contributed by atoms with Crippen LogP contribution < -0.4 is 5.46 Å². The van der Waals surface area contributed by atoms with Crippen LogP contribution in [0.5, 0.6) is 0 Å². The Hall–Kier alpha value is -0.945. The van der Waals surface area contributed by atoms with Crippen LogP contribution in [0.3, 0.4) is 0 Å². The van der Waals surface area contributed by atoms with Crippen LogP contribution in [0.15, 0.2) is 18.2 Å². The predicted molar refractivity (Wildman–Crippen MR) is 78.2 cm³/mol.